The first-order valence-corrected chi connectivity index (χ1v) is 9.83. The van der Waals surface area contributed by atoms with Gasteiger partial charge in [-0.05, 0) is 52.5 Å². The summed E-state index contributed by atoms with van der Waals surface area (Å²) in [6, 6.07) is 12.6. The zero-order valence-corrected chi connectivity index (χ0v) is 17.3. The van der Waals surface area contributed by atoms with Gasteiger partial charge in [0.2, 0.25) is 0 Å². The molecular formula is C24H28N2O2. The van der Waals surface area contributed by atoms with Gasteiger partial charge in [-0.25, -0.2) is 5.48 Å². The van der Waals surface area contributed by atoms with E-state index in [1.807, 2.05) is 24.4 Å². The number of aromatic amines is 1. The number of H-pyrrole nitrogens is 1. The second-order valence-corrected chi connectivity index (χ2v) is 9.13. The number of hydroxylamine groups is 1. The highest BCUT2D eigenvalue weighted by molar-refractivity contribution is 6.01. The Kier molecular flexibility index (Phi) is 4.35. The highest BCUT2D eigenvalue weighted by atomic mass is 16.6. The maximum atomic E-state index is 12.0. The summed E-state index contributed by atoms with van der Waals surface area (Å²) in [5.74, 6) is -0.252. The number of rotatable bonds is 3. The number of hydrogen-bond acceptors (Lipinski definition) is 2. The van der Waals surface area contributed by atoms with Crippen LogP contribution in [0.3, 0.4) is 0 Å². The van der Waals surface area contributed by atoms with Crippen LogP contribution < -0.4 is 5.48 Å². The topological polar surface area (TPSA) is 54.1 Å². The fourth-order valence-corrected chi connectivity index (χ4v) is 4.41. The van der Waals surface area contributed by atoms with Gasteiger partial charge in [-0.15, -0.1) is 0 Å². The second-order valence-electron chi connectivity index (χ2n) is 9.13. The highest BCUT2D eigenvalue weighted by Gasteiger charge is 2.37. The Labute approximate surface area is 166 Å². The van der Waals surface area contributed by atoms with Gasteiger partial charge in [0.1, 0.15) is 0 Å². The molecule has 1 aliphatic carbocycles. The lowest BCUT2D eigenvalue weighted by molar-refractivity contribution is 0.0538. The van der Waals surface area contributed by atoms with Crippen LogP contribution in [0.5, 0.6) is 0 Å². The van der Waals surface area contributed by atoms with Crippen LogP contribution in [0.15, 0.2) is 42.6 Å². The molecule has 0 saturated carbocycles. The molecule has 28 heavy (non-hydrogen) atoms. The average Bonchev–Trinajstić information content (AvgIpc) is 3.09. The van der Waals surface area contributed by atoms with E-state index in [-0.39, 0.29) is 16.7 Å². The number of hydrogen-bond donors (Lipinski definition) is 2. The fraction of sp³-hybridized carbons (Fsp3) is 0.375. The van der Waals surface area contributed by atoms with E-state index < -0.39 is 0 Å². The van der Waals surface area contributed by atoms with Crippen molar-refractivity contribution in [3.8, 4) is 11.1 Å². The largest absolute Gasteiger partial charge is 0.361 e. The zero-order valence-electron chi connectivity index (χ0n) is 17.3. The molecule has 2 N–H and O–H groups in total. The molecule has 0 saturated heterocycles. The van der Waals surface area contributed by atoms with Gasteiger partial charge in [0.25, 0.3) is 5.91 Å². The monoisotopic (exact) mass is 376 g/mol. The lowest BCUT2D eigenvalue weighted by Gasteiger charge is -2.42. The summed E-state index contributed by atoms with van der Waals surface area (Å²) in [7, 11) is 1.43. The molecule has 0 atom stereocenters. The predicted molar refractivity (Wildman–Crippen MR) is 113 cm³/mol. The van der Waals surface area contributed by atoms with Crippen LogP contribution in [0.25, 0.3) is 22.0 Å². The molecule has 0 radical (unpaired) electrons. The molecular weight excluding hydrogens is 348 g/mol. The van der Waals surface area contributed by atoms with Crippen molar-refractivity contribution in [2.24, 2.45) is 0 Å². The van der Waals surface area contributed by atoms with E-state index in [0.717, 1.165) is 16.5 Å². The van der Waals surface area contributed by atoms with Gasteiger partial charge in [-0.2, -0.15) is 0 Å². The first-order valence-electron chi connectivity index (χ1n) is 9.83. The number of fused-ring (bicyclic) bond motifs is 2. The van der Waals surface area contributed by atoms with Crippen molar-refractivity contribution in [1.29, 1.82) is 0 Å². The zero-order chi connectivity index (χ0) is 20.1. The lowest BCUT2D eigenvalue weighted by Crippen LogP contribution is -2.33. The van der Waals surface area contributed by atoms with Gasteiger partial charge in [0.15, 0.2) is 0 Å². The maximum Gasteiger partial charge on any atom is 0.274 e. The van der Waals surface area contributed by atoms with Crippen molar-refractivity contribution < 1.29 is 9.63 Å². The van der Waals surface area contributed by atoms with Crippen LogP contribution in [-0.4, -0.2) is 18.0 Å². The Morgan fingerprint density at radius 3 is 2.43 bits per heavy atom. The number of aromatic nitrogens is 1. The van der Waals surface area contributed by atoms with Crippen molar-refractivity contribution in [2.45, 2.75) is 51.4 Å². The molecule has 4 nitrogen and oxygen atoms in total. The van der Waals surface area contributed by atoms with Gasteiger partial charge >= 0.3 is 0 Å². The number of benzene rings is 2. The Morgan fingerprint density at radius 1 is 1.00 bits per heavy atom. The van der Waals surface area contributed by atoms with Crippen molar-refractivity contribution in [1.82, 2.24) is 10.5 Å². The molecule has 4 rings (SSSR count). The molecule has 3 aromatic rings. The minimum absolute atomic E-state index is 0.179. The third-order valence-corrected chi connectivity index (χ3v) is 6.30. The third-order valence-electron chi connectivity index (χ3n) is 6.30. The van der Waals surface area contributed by atoms with Gasteiger partial charge in [-0.1, -0.05) is 52.0 Å². The predicted octanol–water partition coefficient (Wildman–Crippen LogP) is 5.48. The van der Waals surface area contributed by atoms with E-state index >= 15 is 0 Å². The van der Waals surface area contributed by atoms with Crippen LogP contribution >= 0.6 is 0 Å². The van der Waals surface area contributed by atoms with Crippen LogP contribution in [0.2, 0.25) is 0 Å². The molecule has 0 fully saturated rings. The Morgan fingerprint density at radius 2 is 1.71 bits per heavy atom. The minimum Gasteiger partial charge on any atom is -0.361 e. The first-order chi connectivity index (χ1) is 13.2. The van der Waals surface area contributed by atoms with Crippen LogP contribution in [0, 0.1) is 0 Å². The summed E-state index contributed by atoms with van der Waals surface area (Å²) < 4.78 is 0. The number of carbonyl (C=O) groups is 1. The lowest BCUT2D eigenvalue weighted by atomic mass is 9.63. The van der Waals surface area contributed by atoms with Crippen molar-refractivity contribution in [2.75, 3.05) is 7.11 Å². The van der Waals surface area contributed by atoms with Gasteiger partial charge in [0, 0.05) is 28.2 Å². The minimum atomic E-state index is -0.252. The second kappa shape index (κ2) is 6.49. The summed E-state index contributed by atoms with van der Waals surface area (Å²) in [5, 5.41) is 1.11. The van der Waals surface area contributed by atoms with Crippen molar-refractivity contribution in [3.05, 3.63) is 59.3 Å². The highest BCUT2D eigenvalue weighted by Crippen LogP contribution is 2.47. The van der Waals surface area contributed by atoms with E-state index in [9.17, 15) is 4.79 Å². The molecule has 4 heteroatoms. The maximum absolute atomic E-state index is 12.0. The quantitative estimate of drug-likeness (QED) is 0.595. The smallest absolute Gasteiger partial charge is 0.274 e. The van der Waals surface area contributed by atoms with E-state index in [1.165, 1.54) is 36.6 Å². The van der Waals surface area contributed by atoms with Gasteiger partial charge in [-0.3, -0.25) is 9.63 Å². The molecule has 0 aliphatic heterocycles. The molecule has 0 bridgehead atoms. The average molecular weight is 377 g/mol. The SMILES string of the molecule is CONC(=O)c1ccc2c(-c3ccc4c(c3)C(C)(C)CCC4(C)C)c[nH]c2c1. The molecule has 1 aliphatic rings. The van der Waals surface area contributed by atoms with Crippen LogP contribution in [0.4, 0.5) is 0 Å². The summed E-state index contributed by atoms with van der Waals surface area (Å²) in [4.78, 5) is 20.1. The molecule has 1 heterocycles. The Balaban J connectivity index is 1.80. The molecule has 1 aromatic heterocycles. The van der Waals surface area contributed by atoms with Crippen LogP contribution in [-0.2, 0) is 15.7 Å². The summed E-state index contributed by atoms with van der Waals surface area (Å²) in [6.07, 6.45) is 4.44. The molecule has 2 aromatic carbocycles. The van der Waals surface area contributed by atoms with Crippen molar-refractivity contribution >= 4 is 16.8 Å². The molecule has 0 unspecified atom stereocenters. The van der Waals surface area contributed by atoms with E-state index in [4.69, 9.17) is 4.84 Å². The summed E-state index contributed by atoms with van der Waals surface area (Å²) in [5.41, 5.74) is 9.55. The summed E-state index contributed by atoms with van der Waals surface area (Å²) in [6.45, 7) is 9.39. The first kappa shape index (κ1) is 18.8. The fourth-order valence-electron chi connectivity index (χ4n) is 4.41. The van der Waals surface area contributed by atoms with Crippen LogP contribution in [0.1, 0.15) is 62.0 Å². The van der Waals surface area contributed by atoms with Gasteiger partial charge in [0.05, 0.1) is 7.11 Å². The number of carbonyl (C=O) groups excluding carboxylic acids is 1. The van der Waals surface area contributed by atoms with Gasteiger partial charge < -0.3 is 4.98 Å². The van der Waals surface area contributed by atoms with E-state index in [2.05, 4.69) is 56.4 Å². The third kappa shape index (κ3) is 3.02. The van der Waals surface area contributed by atoms with E-state index in [0.29, 0.717) is 5.56 Å². The Hall–Kier alpha value is -2.59. The summed E-state index contributed by atoms with van der Waals surface area (Å²) >= 11 is 0. The molecule has 146 valence electrons. The van der Waals surface area contributed by atoms with E-state index in [1.54, 1.807) is 0 Å². The number of nitrogens with one attached hydrogen (secondary N) is 2. The molecule has 0 spiro atoms. The standard InChI is InChI=1S/C24H28N2O2/c1-23(2)10-11-24(3,4)20-12-15(7-9-19(20)23)18-14-25-21-13-16(6-8-17(18)21)22(27)26-28-5/h6-9,12-14,25H,10-11H2,1-5H3,(H,26,27). The number of amides is 1. The molecule has 1 amide bonds. The van der Waals surface area contributed by atoms with Crippen molar-refractivity contribution in [3.63, 3.8) is 0 Å². The normalized spacial score (nSPS) is 17.3. The Bertz CT molecular complexity index is 1060.